The zero-order valence-corrected chi connectivity index (χ0v) is 16.8. The molecule has 1 aromatic rings. The topological polar surface area (TPSA) is 89.1 Å². The van der Waals surface area contributed by atoms with Gasteiger partial charge in [0.2, 0.25) is 11.7 Å². The summed E-state index contributed by atoms with van der Waals surface area (Å²) in [5, 5.41) is 16.7. The van der Waals surface area contributed by atoms with Gasteiger partial charge in [0, 0.05) is 0 Å². The number of rotatable bonds is 6. The third kappa shape index (κ3) is 4.78. The summed E-state index contributed by atoms with van der Waals surface area (Å²) in [5.41, 5.74) is 0.766. The molecule has 3 rings (SSSR count). The van der Waals surface area contributed by atoms with Crippen LogP contribution >= 0.6 is 12.4 Å². The van der Waals surface area contributed by atoms with Crippen LogP contribution in [0.1, 0.15) is 18.4 Å². The first-order valence-electron chi connectivity index (χ1n) is 9.02. The largest absolute Gasteiger partial charge is 0.493 e. The summed E-state index contributed by atoms with van der Waals surface area (Å²) >= 11 is 0. The van der Waals surface area contributed by atoms with Crippen LogP contribution in [0.5, 0.6) is 17.2 Å². The third-order valence-corrected chi connectivity index (χ3v) is 5.48. The van der Waals surface area contributed by atoms with E-state index in [1.807, 2.05) is 0 Å². The summed E-state index contributed by atoms with van der Waals surface area (Å²) in [6.45, 7) is 1.93. The molecule has 0 radical (unpaired) electrons. The molecule has 1 aliphatic heterocycles. The number of nitrogens with one attached hydrogen (secondary N) is 2. The Balaban J connectivity index is 0.00000261. The van der Waals surface area contributed by atoms with Crippen LogP contribution in [0, 0.1) is 11.8 Å². The number of ether oxygens (including phenoxy) is 3. The lowest BCUT2D eigenvalue weighted by atomic mass is 9.77. The fraction of sp³-hybridized carbons (Fsp3) is 0.632. The van der Waals surface area contributed by atoms with Gasteiger partial charge in [0.05, 0.1) is 39.9 Å². The van der Waals surface area contributed by atoms with Crippen LogP contribution in [0.25, 0.3) is 0 Å². The average Bonchev–Trinajstić information content (AvgIpc) is 3.08. The Kier molecular flexibility index (Phi) is 7.59. The maximum absolute atomic E-state index is 12.5. The fourth-order valence-electron chi connectivity index (χ4n) is 4.13. The number of fused-ring (bicyclic) bond motifs is 1. The van der Waals surface area contributed by atoms with E-state index in [1.54, 1.807) is 33.5 Å². The Morgan fingerprint density at radius 3 is 2.26 bits per heavy atom. The summed E-state index contributed by atoms with van der Waals surface area (Å²) in [4.78, 5) is 12.5. The van der Waals surface area contributed by atoms with Crippen molar-refractivity contribution >= 4 is 18.3 Å². The molecule has 0 aromatic heterocycles. The second-order valence-electron chi connectivity index (χ2n) is 7.10. The number of methoxy groups -OCH3 is 3. The Labute approximate surface area is 166 Å². The Hall–Kier alpha value is -1.70. The predicted molar refractivity (Wildman–Crippen MR) is 104 cm³/mol. The minimum Gasteiger partial charge on any atom is -0.493 e. The molecule has 0 spiro atoms. The SMILES string of the molecule is COc1cc(CC(=O)N[C@H]2C[C@H]3CNC[C@H]3C[C@@H]2O)cc(OC)c1OC.Cl. The summed E-state index contributed by atoms with van der Waals surface area (Å²) < 4.78 is 16.0. The molecule has 4 atom stereocenters. The van der Waals surface area contributed by atoms with Crippen LogP contribution in [-0.2, 0) is 11.2 Å². The molecular weight excluding hydrogens is 372 g/mol. The lowest BCUT2D eigenvalue weighted by Crippen LogP contribution is -2.49. The summed E-state index contributed by atoms with van der Waals surface area (Å²) in [7, 11) is 4.64. The molecule has 1 heterocycles. The molecule has 1 aromatic carbocycles. The zero-order chi connectivity index (χ0) is 18.7. The van der Waals surface area contributed by atoms with Gasteiger partial charge in [0.1, 0.15) is 0 Å². The van der Waals surface area contributed by atoms with Gasteiger partial charge in [-0.15, -0.1) is 12.4 Å². The number of carbonyl (C=O) groups excluding carboxylic acids is 1. The van der Waals surface area contributed by atoms with Crippen molar-refractivity contribution in [2.45, 2.75) is 31.4 Å². The van der Waals surface area contributed by atoms with Crippen LogP contribution in [-0.4, -0.2) is 57.6 Å². The fourth-order valence-corrected chi connectivity index (χ4v) is 4.13. The maximum atomic E-state index is 12.5. The molecular formula is C19H29ClN2O5. The number of aliphatic hydroxyl groups excluding tert-OH is 1. The van der Waals surface area contributed by atoms with E-state index in [-0.39, 0.29) is 30.8 Å². The van der Waals surface area contributed by atoms with Gasteiger partial charge in [-0.25, -0.2) is 0 Å². The second-order valence-corrected chi connectivity index (χ2v) is 7.10. The minimum absolute atomic E-state index is 0. The van der Waals surface area contributed by atoms with E-state index in [1.165, 1.54) is 0 Å². The van der Waals surface area contributed by atoms with Gasteiger partial charge < -0.3 is 30.0 Å². The van der Waals surface area contributed by atoms with Crippen molar-refractivity contribution in [2.24, 2.45) is 11.8 Å². The first-order chi connectivity index (χ1) is 12.5. The molecule has 1 saturated carbocycles. The van der Waals surface area contributed by atoms with E-state index >= 15 is 0 Å². The van der Waals surface area contributed by atoms with Crippen LogP contribution in [0.3, 0.4) is 0 Å². The Bertz CT molecular complexity index is 632. The van der Waals surface area contributed by atoms with Crippen LogP contribution in [0.15, 0.2) is 12.1 Å². The minimum atomic E-state index is -0.486. The van der Waals surface area contributed by atoms with Gasteiger partial charge in [0.25, 0.3) is 0 Å². The average molecular weight is 401 g/mol. The van der Waals surface area contributed by atoms with Crippen molar-refractivity contribution in [1.82, 2.24) is 10.6 Å². The standard InChI is InChI=1S/C19H28N2O5.ClH/c1-24-16-4-11(5-17(25-2)19(16)26-3)6-18(23)21-14-7-12-9-20-10-13(12)8-15(14)22;/h4-5,12-15,20,22H,6-10H2,1-3H3,(H,21,23);1H/t12-,13+,14-,15-;/m0./s1. The molecule has 27 heavy (non-hydrogen) atoms. The molecule has 3 N–H and O–H groups in total. The molecule has 1 amide bonds. The first-order valence-corrected chi connectivity index (χ1v) is 9.02. The molecule has 7 nitrogen and oxygen atoms in total. The van der Waals surface area contributed by atoms with Crippen LogP contribution in [0.4, 0.5) is 0 Å². The van der Waals surface area contributed by atoms with E-state index in [0.29, 0.717) is 29.1 Å². The smallest absolute Gasteiger partial charge is 0.224 e. The van der Waals surface area contributed by atoms with Gasteiger partial charge in [-0.3, -0.25) is 4.79 Å². The van der Waals surface area contributed by atoms with Gasteiger partial charge in [-0.1, -0.05) is 0 Å². The van der Waals surface area contributed by atoms with Crippen molar-refractivity contribution in [1.29, 1.82) is 0 Å². The number of carbonyl (C=O) groups is 1. The summed E-state index contributed by atoms with van der Waals surface area (Å²) in [6.07, 6.45) is 1.26. The molecule has 1 saturated heterocycles. The lowest BCUT2D eigenvalue weighted by molar-refractivity contribution is -0.122. The number of aliphatic hydroxyl groups is 1. The van der Waals surface area contributed by atoms with Gasteiger partial charge in [0.15, 0.2) is 11.5 Å². The summed E-state index contributed by atoms with van der Waals surface area (Å²) in [6, 6.07) is 3.36. The molecule has 0 unspecified atom stereocenters. The second kappa shape index (κ2) is 9.48. The van der Waals surface area contributed by atoms with Crippen molar-refractivity contribution < 1.29 is 24.1 Å². The lowest BCUT2D eigenvalue weighted by Gasteiger charge is -2.35. The van der Waals surface area contributed by atoms with E-state index < -0.39 is 6.10 Å². The molecule has 8 heteroatoms. The Morgan fingerprint density at radius 1 is 1.11 bits per heavy atom. The molecule has 2 aliphatic rings. The molecule has 1 aliphatic carbocycles. The quantitative estimate of drug-likeness (QED) is 0.664. The van der Waals surface area contributed by atoms with Crippen LogP contribution < -0.4 is 24.8 Å². The number of hydrogen-bond acceptors (Lipinski definition) is 6. The van der Waals surface area contributed by atoms with Gasteiger partial charge in [-0.2, -0.15) is 0 Å². The monoisotopic (exact) mass is 400 g/mol. The number of amides is 1. The highest BCUT2D eigenvalue weighted by molar-refractivity contribution is 5.85. The van der Waals surface area contributed by atoms with E-state index in [2.05, 4.69) is 10.6 Å². The number of benzene rings is 1. The summed E-state index contributed by atoms with van der Waals surface area (Å²) in [5.74, 6) is 2.48. The van der Waals surface area contributed by atoms with Crippen molar-refractivity contribution in [3.8, 4) is 17.2 Å². The predicted octanol–water partition coefficient (Wildman–Crippen LogP) is 1.15. The first kappa shape index (κ1) is 21.6. The number of hydrogen-bond donors (Lipinski definition) is 3. The normalized spacial score (nSPS) is 26.5. The van der Waals surface area contributed by atoms with E-state index in [9.17, 15) is 9.90 Å². The zero-order valence-electron chi connectivity index (χ0n) is 16.0. The van der Waals surface area contributed by atoms with Crippen molar-refractivity contribution in [3.63, 3.8) is 0 Å². The highest BCUT2D eigenvalue weighted by Crippen LogP contribution is 2.38. The third-order valence-electron chi connectivity index (χ3n) is 5.48. The molecule has 0 bridgehead atoms. The highest BCUT2D eigenvalue weighted by Gasteiger charge is 2.39. The Morgan fingerprint density at radius 2 is 1.70 bits per heavy atom. The van der Waals surface area contributed by atoms with E-state index in [0.717, 1.165) is 31.5 Å². The number of halogens is 1. The maximum Gasteiger partial charge on any atom is 0.224 e. The highest BCUT2D eigenvalue weighted by atomic mass is 35.5. The van der Waals surface area contributed by atoms with Gasteiger partial charge in [-0.05, 0) is 55.5 Å². The van der Waals surface area contributed by atoms with E-state index in [4.69, 9.17) is 14.2 Å². The van der Waals surface area contributed by atoms with Crippen molar-refractivity contribution in [2.75, 3.05) is 34.4 Å². The van der Waals surface area contributed by atoms with Gasteiger partial charge >= 0.3 is 0 Å². The van der Waals surface area contributed by atoms with Crippen molar-refractivity contribution in [3.05, 3.63) is 17.7 Å². The van der Waals surface area contributed by atoms with Crippen LogP contribution in [0.2, 0.25) is 0 Å². The molecule has 152 valence electrons. The molecule has 2 fully saturated rings.